The normalized spacial score (nSPS) is 22.4. The Hall–Kier alpha value is -1.59. The molecule has 0 bridgehead atoms. The average Bonchev–Trinajstić information content (AvgIpc) is 2.70. The zero-order chi connectivity index (χ0) is 14.7. The van der Waals surface area contributed by atoms with Crippen molar-refractivity contribution >= 4 is 5.91 Å². The summed E-state index contributed by atoms with van der Waals surface area (Å²) >= 11 is 0. The quantitative estimate of drug-likeness (QED) is 0.880. The molecule has 2 N–H and O–H groups in total. The molecule has 110 valence electrons. The first-order valence-corrected chi connectivity index (χ1v) is 6.77. The Kier molecular flexibility index (Phi) is 4.62. The molecule has 2 atom stereocenters. The fourth-order valence-electron chi connectivity index (χ4n) is 2.78. The summed E-state index contributed by atoms with van der Waals surface area (Å²) in [5.74, 6) is 0.933. The van der Waals surface area contributed by atoms with Gasteiger partial charge in [0.2, 0.25) is 5.91 Å². The van der Waals surface area contributed by atoms with E-state index in [1.54, 1.807) is 14.2 Å². The van der Waals surface area contributed by atoms with Crippen LogP contribution in [0.4, 0.5) is 0 Å². The van der Waals surface area contributed by atoms with E-state index < -0.39 is 0 Å². The minimum atomic E-state index is -0.174. The molecular formula is C15H22N2O3. The predicted octanol–water partition coefficient (Wildman–Crippen LogP) is 1.25. The summed E-state index contributed by atoms with van der Waals surface area (Å²) in [5, 5.41) is 0. The molecule has 5 nitrogen and oxygen atoms in total. The Bertz CT molecular complexity index is 490. The monoisotopic (exact) mass is 278 g/mol. The number of aryl methyl sites for hydroxylation is 1. The van der Waals surface area contributed by atoms with Gasteiger partial charge in [0, 0.05) is 26.1 Å². The number of rotatable bonds is 5. The van der Waals surface area contributed by atoms with Crippen molar-refractivity contribution in [1.82, 2.24) is 4.90 Å². The maximum Gasteiger partial charge on any atom is 0.224 e. The molecule has 1 aromatic rings. The van der Waals surface area contributed by atoms with Crippen LogP contribution in [0, 0.1) is 6.92 Å². The predicted molar refractivity (Wildman–Crippen MR) is 76.7 cm³/mol. The lowest BCUT2D eigenvalue weighted by Gasteiger charge is -2.27. The Labute approximate surface area is 119 Å². The highest BCUT2D eigenvalue weighted by molar-refractivity contribution is 5.80. The molecule has 1 fully saturated rings. The molecular weight excluding hydrogens is 256 g/mol. The van der Waals surface area contributed by atoms with Gasteiger partial charge in [-0.3, -0.25) is 4.79 Å². The minimum Gasteiger partial charge on any atom is -0.496 e. The average molecular weight is 278 g/mol. The van der Waals surface area contributed by atoms with Crippen LogP contribution in [0.15, 0.2) is 18.2 Å². The van der Waals surface area contributed by atoms with Crippen LogP contribution in [0.2, 0.25) is 0 Å². The molecule has 0 aromatic heterocycles. The Balaban J connectivity index is 2.27. The summed E-state index contributed by atoms with van der Waals surface area (Å²) in [4.78, 5) is 13.9. The number of nitrogens with zero attached hydrogens (tertiary/aromatic N) is 1. The van der Waals surface area contributed by atoms with Crippen molar-refractivity contribution < 1.29 is 14.3 Å². The third kappa shape index (κ3) is 2.78. The van der Waals surface area contributed by atoms with Crippen LogP contribution in [0.1, 0.15) is 23.6 Å². The van der Waals surface area contributed by atoms with E-state index >= 15 is 0 Å². The molecule has 1 saturated heterocycles. The van der Waals surface area contributed by atoms with E-state index in [9.17, 15) is 4.79 Å². The first-order chi connectivity index (χ1) is 9.58. The Morgan fingerprint density at radius 1 is 1.40 bits per heavy atom. The van der Waals surface area contributed by atoms with Gasteiger partial charge in [0.1, 0.15) is 5.75 Å². The Morgan fingerprint density at radius 3 is 2.75 bits per heavy atom. The van der Waals surface area contributed by atoms with E-state index in [1.165, 1.54) is 0 Å². The molecule has 0 aliphatic carbocycles. The van der Waals surface area contributed by atoms with Crippen molar-refractivity contribution in [2.45, 2.75) is 25.4 Å². The summed E-state index contributed by atoms with van der Waals surface area (Å²) in [5.41, 5.74) is 8.25. The van der Waals surface area contributed by atoms with Crippen molar-refractivity contribution in [2.24, 2.45) is 5.73 Å². The summed E-state index contributed by atoms with van der Waals surface area (Å²) in [7, 11) is 3.28. The molecule has 0 spiro atoms. The first-order valence-electron chi connectivity index (χ1n) is 6.77. The largest absolute Gasteiger partial charge is 0.496 e. The third-order valence-corrected chi connectivity index (χ3v) is 3.77. The Morgan fingerprint density at radius 2 is 2.15 bits per heavy atom. The lowest BCUT2D eigenvalue weighted by Crippen LogP contribution is -2.35. The lowest BCUT2D eigenvalue weighted by atomic mass is 9.98. The van der Waals surface area contributed by atoms with E-state index in [-0.39, 0.29) is 18.0 Å². The number of likely N-dealkylation sites (tertiary alicyclic amines) is 1. The minimum absolute atomic E-state index is 0.0812. The molecule has 1 aliphatic rings. The highest BCUT2D eigenvalue weighted by Gasteiger charge is 2.38. The maximum absolute atomic E-state index is 12.0. The number of nitrogens with two attached hydrogens (primary N) is 1. The van der Waals surface area contributed by atoms with Gasteiger partial charge in [-0.2, -0.15) is 0 Å². The SMILES string of the molecule is COCCN1C(=O)CC(N)C1c1ccc(OC)c(C)c1. The topological polar surface area (TPSA) is 64.8 Å². The van der Waals surface area contributed by atoms with Crippen LogP contribution in [0.3, 0.4) is 0 Å². The van der Waals surface area contributed by atoms with Crippen molar-refractivity contribution in [3.8, 4) is 5.75 Å². The molecule has 5 heteroatoms. The van der Waals surface area contributed by atoms with Crippen LogP contribution in [-0.2, 0) is 9.53 Å². The van der Waals surface area contributed by atoms with Gasteiger partial charge in [0.15, 0.2) is 0 Å². The van der Waals surface area contributed by atoms with Crippen molar-refractivity contribution in [2.75, 3.05) is 27.4 Å². The number of benzene rings is 1. The first kappa shape index (κ1) is 14.8. The second kappa shape index (κ2) is 6.24. The van der Waals surface area contributed by atoms with E-state index in [0.29, 0.717) is 19.6 Å². The van der Waals surface area contributed by atoms with Gasteiger partial charge in [-0.1, -0.05) is 12.1 Å². The smallest absolute Gasteiger partial charge is 0.224 e. The van der Waals surface area contributed by atoms with Crippen LogP contribution in [-0.4, -0.2) is 44.2 Å². The van der Waals surface area contributed by atoms with Gasteiger partial charge in [-0.05, 0) is 24.1 Å². The summed E-state index contributed by atoms with van der Waals surface area (Å²) in [6.07, 6.45) is 0.388. The third-order valence-electron chi connectivity index (χ3n) is 3.77. The van der Waals surface area contributed by atoms with Crippen molar-refractivity contribution in [1.29, 1.82) is 0 Å². The van der Waals surface area contributed by atoms with Gasteiger partial charge >= 0.3 is 0 Å². The van der Waals surface area contributed by atoms with Gasteiger partial charge in [0.25, 0.3) is 0 Å². The molecule has 0 saturated carbocycles. The van der Waals surface area contributed by atoms with Crippen LogP contribution >= 0.6 is 0 Å². The van der Waals surface area contributed by atoms with E-state index in [4.69, 9.17) is 15.2 Å². The van der Waals surface area contributed by atoms with Gasteiger partial charge in [-0.15, -0.1) is 0 Å². The van der Waals surface area contributed by atoms with E-state index in [1.807, 2.05) is 30.0 Å². The molecule has 1 amide bonds. The van der Waals surface area contributed by atoms with Gasteiger partial charge in [0.05, 0.1) is 19.8 Å². The number of ether oxygens (including phenoxy) is 2. The summed E-state index contributed by atoms with van der Waals surface area (Å²) < 4.78 is 10.3. The van der Waals surface area contributed by atoms with E-state index in [0.717, 1.165) is 16.9 Å². The standard InChI is InChI=1S/C15H22N2O3/c1-10-8-11(4-5-13(10)20-3)15-12(16)9-14(18)17(15)6-7-19-2/h4-5,8,12,15H,6-7,9,16H2,1-3H3. The molecule has 1 aromatic carbocycles. The number of methoxy groups -OCH3 is 2. The number of carbonyl (C=O) groups excluding carboxylic acids is 1. The summed E-state index contributed by atoms with van der Waals surface area (Å²) in [6, 6.07) is 5.69. The van der Waals surface area contributed by atoms with E-state index in [2.05, 4.69) is 0 Å². The van der Waals surface area contributed by atoms with Crippen molar-refractivity contribution in [3.63, 3.8) is 0 Å². The number of hydrogen-bond donors (Lipinski definition) is 1. The van der Waals surface area contributed by atoms with Crippen LogP contribution < -0.4 is 10.5 Å². The second-order valence-corrected chi connectivity index (χ2v) is 5.12. The highest BCUT2D eigenvalue weighted by Crippen LogP contribution is 2.33. The highest BCUT2D eigenvalue weighted by atomic mass is 16.5. The molecule has 0 radical (unpaired) electrons. The second-order valence-electron chi connectivity index (χ2n) is 5.12. The molecule has 20 heavy (non-hydrogen) atoms. The van der Waals surface area contributed by atoms with Gasteiger partial charge in [-0.25, -0.2) is 0 Å². The number of hydrogen-bond acceptors (Lipinski definition) is 4. The molecule has 1 heterocycles. The van der Waals surface area contributed by atoms with Crippen molar-refractivity contribution in [3.05, 3.63) is 29.3 Å². The lowest BCUT2D eigenvalue weighted by molar-refractivity contribution is -0.129. The van der Waals surface area contributed by atoms with Crippen LogP contribution in [0.5, 0.6) is 5.75 Å². The molecule has 2 unspecified atom stereocenters. The zero-order valence-corrected chi connectivity index (χ0v) is 12.3. The fourth-order valence-corrected chi connectivity index (χ4v) is 2.78. The number of carbonyl (C=O) groups is 1. The summed E-state index contributed by atoms with van der Waals surface area (Å²) in [6.45, 7) is 3.08. The van der Waals surface area contributed by atoms with Crippen LogP contribution in [0.25, 0.3) is 0 Å². The molecule has 1 aliphatic heterocycles. The maximum atomic E-state index is 12.0. The zero-order valence-electron chi connectivity index (χ0n) is 12.3. The van der Waals surface area contributed by atoms with Gasteiger partial charge < -0.3 is 20.1 Å². The molecule has 2 rings (SSSR count). The number of amides is 1. The fraction of sp³-hybridized carbons (Fsp3) is 0.533.